The second-order valence-corrected chi connectivity index (χ2v) is 6.84. The fourth-order valence-electron chi connectivity index (χ4n) is 2.33. The van der Waals surface area contributed by atoms with Crippen LogP contribution in [0.2, 0.25) is 0 Å². The smallest absolute Gasteiger partial charge is 0.328 e. The van der Waals surface area contributed by atoms with E-state index in [0.29, 0.717) is 17.0 Å². The average molecular weight is 491 g/mol. The number of rotatable bonds is 5. The Morgan fingerprint density at radius 3 is 2.29 bits per heavy atom. The number of ether oxygens (including phenoxy) is 1. The molecular formula is C19H14IN3O5. The van der Waals surface area contributed by atoms with Crippen molar-refractivity contribution in [2.24, 2.45) is 0 Å². The lowest BCUT2D eigenvalue weighted by atomic mass is 10.1. The Kier molecular flexibility index (Phi) is 6.04. The van der Waals surface area contributed by atoms with Crippen LogP contribution < -0.4 is 20.7 Å². The molecule has 1 heterocycles. The number of barbiturate groups is 1. The fourth-order valence-corrected chi connectivity index (χ4v) is 2.85. The summed E-state index contributed by atoms with van der Waals surface area (Å²) in [7, 11) is 0. The van der Waals surface area contributed by atoms with E-state index in [4.69, 9.17) is 4.74 Å². The summed E-state index contributed by atoms with van der Waals surface area (Å²) in [6.45, 7) is -0.168. The van der Waals surface area contributed by atoms with E-state index in [-0.39, 0.29) is 18.1 Å². The van der Waals surface area contributed by atoms with E-state index in [2.05, 4.69) is 27.9 Å². The number of urea groups is 1. The highest BCUT2D eigenvalue weighted by atomic mass is 127. The van der Waals surface area contributed by atoms with Gasteiger partial charge in [0.05, 0.1) is 5.69 Å². The number of halogens is 1. The summed E-state index contributed by atoms with van der Waals surface area (Å²) >= 11 is 2.13. The maximum atomic E-state index is 12.0. The lowest BCUT2D eigenvalue weighted by Gasteiger charge is -2.14. The molecule has 0 aromatic heterocycles. The molecule has 2 aromatic rings. The summed E-state index contributed by atoms with van der Waals surface area (Å²) < 4.78 is 6.36. The maximum absolute atomic E-state index is 12.0. The van der Waals surface area contributed by atoms with Gasteiger partial charge in [-0.25, -0.2) is 4.79 Å². The summed E-state index contributed by atoms with van der Waals surface area (Å²) in [6.07, 6.45) is 1.35. The third-order valence-corrected chi connectivity index (χ3v) is 4.59. The predicted octanol–water partition coefficient (Wildman–Crippen LogP) is 2.06. The highest BCUT2D eigenvalue weighted by Crippen LogP contribution is 2.18. The van der Waals surface area contributed by atoms with E-state index in [1.54, 1.807) is 30.3 Å². The molecule has 0 unspecified atom stereocenters. The Bertz CT molecular complexity index is 963. The second kappa shape index (κ2) is 8.65. The fraction of sp³-hybridized carbons (Fsp3) is 0.0526. The molecule has 0 spiro atoms. The molecule has 3 rings (SSSR count). The van der Waals surface area contributed by atoms with Gasteiger partial charge in [-0.05, 0) is 58.5 Å². The summed E-state index contributed by atoms with van der Waals surface area (Å²) in [5.74, 6) is -1.37. The number of carbonyl (C=O) groups is 4. The van der Waals surface area contributed by atoms with Gasteiger partial charge in [0, 0.05) is 3.57 Å². The largest absolute Gasteiger partial charge is 0.484 e. The van der Waals surface area contributed by atoms with Gasteiger partial charge in [-0.3, -0.25) is 25.0 Å². The standard InChI is InChI=1S/C19H14IN3O5/c20-14-3-1-2-4-15(14)21-16(24)10-28-12-7-5-11(6-8-12)9-13-17(25)22-19(27)23-18(13)26/h1-9H,10H2,(H,21,24)(H2,22,23,25,26,27). The van der Waals surface area contributed by atoms with Crippen molar-refractivity contribution in [2.45, 2.75) is 0 Å². The van der Waals surface area contributed by atoms with Gasteiger partial charge in [0.25, 0.3) is 17.7 Å². The molecule has 0 atom stereocenters. The van der Waals surface area contributed by atoms with E-state index in [9.17, 15) is 19.2 Å². The van der Waals surface area contributed by atoms with Gasteiger partial charge in [-0.1, -0.05) is 24.3 Å². The molecule has 2 aromatic carbocycles. The molecule has 28 heavy (non-hydrogen) atoms. The zero-order valence-corrected chi connectivity index (χ0v) is 16.5. The Balaban J connectivity index is 1.59. The van der Waals surface area contributed by atoms with Crippen LogP contribution in [0.1, 0.15) is 5.56 Å². The molecule has 0 radical (unpaired) electrons. The van der Waals surface area contributed by atoms with Crippen LogP contribution in [0.4, 0.5) is 10.5 Å². The quantitative estimate of drug-likeness (QED) is 0.337. The topological polar surface area (TPSA) is 114 Å². The number of imide groups is 2. The van der Waals surface area contributed by atoms with Crippen LogP contribution in [0.5, 0.6) is 5.75 Å². The van der Waals surface area contributed by atoms with Crippen LogP contribution in [-0.4, -0.2) is 30.4 Å². The Labute approximate surface area is 173 Å². The maximum Gasteiger partial charge on any atom is 0.328 e. The van der Waals surface area contributed by atoms with Gasteiger partial charge in [0.2, 0.25) is 0 Å². The summed E-state index contributed by atoms with van der Waals surface area (Å²) in [4.78, 5) is 46.5. The molecule has 1 fully saturated rings. The first-order valence-electron chi connectivity index (χ1n) is 8.08. The third-order valence-electron chi connectivity index (χ3n) is 3.65. The summed E-state index contributed by atoms with van der Waals surface area (Å²) in [6, 6.07) is 13.0. The monoisotopic (exact) mass is 491 g/mol. The van der Waals surface area contributed by atoms with Crippen molar-refractivity contribution in [2.75, 3.05) is 11.9 Å². The Hall–Kier alpha value is -3.21. The minimum atomic E-state index is -0.848. The van der Waals surface area contributed by atoms with Crippen molar-refractivity contribution >= 4 is 58.1 Å². The number of benzene rings is 2. The van der Waals surface area contributed by atoms with Gasteiger partial charge in [0.15, 0.2) is 6.61 Å². The number of hydrogen-bond acceptors (Lipinski definition) is 5. The SMILES string of the molecule is O=C(COc1ccc(C=C2C(=O)NC(=O)NC2=O)cc1)Nc1ccccc1I. The number of anilines is 1. The molecule has 142 valence electrons. The van der Waals surface area contributed by atoms with E-state index in [0.717, 1.165) is 3.57 Å². The van der Waals surface area contributed by atoms with Crippen LogP contribution in [0.3, 0.4) is 0 Å². The van der Waals surface area contributed by atoms with E-state index < -0.39 is 17.8 Å². The molecular weight excluding hydrogens is 477 g/mol. The predicted molar refractivity (Wildman–Crippen MR) is 109 cm³/mol. The first-order valence-corrected chi connectivity index (χ1v) is 9.16. The number of hydrogen-bond donors (Lipinski definition) is 3. The van der Waals surface area contributed by atoms with Crippen molar-refractivity contribution in [3.8, 4) is 5.75 Å². The van der Waals surface area contributed by atoms with Gasteiger partial charge < -0.3 is 10.1 Å². The van der Waals surface area contributed by atoms with Crippen LogP contribution in [0, 0.1) is 3.57 Å². The number of nitrogens with one attached hydrogen (secondary N) is 3. The van der Waals surface area contributed by atoms with Crippen molar-refractivity contribution in [1.82, 2.24) is 10.6 Å². The van der Waals surface area contributed by atoms with E-state index in [1.807, 2.05) is 28.8 Å². The van der Waals surface area contributed by atoms with Crippen molar-refractivity contribution in [3.63, 3.8) is 0 Å². The zero-order chi connectivity index (χ0) is 20.1. The van der Waals surface area contributed by atoms with Crippen LogP contribution in [-0.2, 0) is 14.4 Å². The molecule has 0 saturated carbocycles. The van der Waals surface area contributed by atoms with Crippen LogP contribution in [0.15, 0.2) is 54.1 Å². The number of amides is 5. The lowest BCUT2D eigenvalue weighted by molar-refractivity contribution is -0.124. The van der Waals surface area contributed by atoms with Crippen molar-refractivity contribution in [1.29, 1.82) is 0 Å². The van der Waals surface area contributed by atoms with Crippen LogP contribution in [0.25, 0.3) is 6.08 Å². The summed E-state index contributed by atoms with van der Waals surface area (Å²) in [5, 5.41) is 6.76. The van der Waals surface area contributed by atoms with Crippen molar-refractivity contribution in [3.05, 3.63) is 63.2 Å². The summed E-state index contributed by atoms with van der Waals surface area (Å²) in [5.41, 5.74) is 1.09. The average Bonchev–Trinajstić information content (AvgIpc) is 2.66. The zero-order valence-electron chi connectivity index (χ0n) is 14.3. The van der Waals surface area contributed by atoms with Gasteiger partial charge in [-0.15, -0.1) is 0 Å². The first-order chi connectivity index (χ1) is 13.4. The highest BCUT2D eigenvalue weighted by Gasteiger charge is 2.27. The molecule has 3 N–H and O–H groups in total. The molecule has 5 amide bonds. The molecule has 0 aliphatic carbocycles. The van der Waals surface area contributed by atoms with Gasteiger partial charge >= 0.3 is 6.03 Å². The normalized spacial score (nSPS) is 13.5. The van der Waals surface area contributed by atoms with Crippen molar-refractivity contribution < 1.29 is 23.9 Å². The Morgan fingerprint density at radius 1 is 1.00 bits per heavy atom. The third kappa shape index (κ3) is 4.94. The number of para-hydroxylation sites is 1. The minimum Gasteiger partial charge on any atom is -0.484 e. The second-order valence-electron chi connectivity index (χ2n) is 5.68. The minimum absolute atomic E-state index is 0.168. The molecule has 8 nitrogen and oxygen atoms in total. The molecule has 9 heteroatoms. The van der Waals surface area contributed by atoms with Crippen LogP contribution >= 0.6 is 22.6 Å². The van der Waals surface area contributed by atoms with Gasteiger partial charge in [0.1, 0.15) is 11.3 Å². The molecule has 1 aliphatic heterocycles. The lowest BCUT2D eigenvalue weighted by Crippen LogP contribution is -2.51. The Morgan fingerprint density at radius 2 is 1.64 bits per heavy atom. The highest BCUT2D eigenvalue weighted by molar-refractivity contribution is 14.1. The molecule has 0 bridgehead atoms. The first kappa shape index (κ1) is 19.5. The van der Waals surface area contributed by atoms with E-state index >= 15 is 0 Å². The molecule has 1 saturated heterocycles. The van der Waals surface area contributed by atoms with E-state index in [1.165, 1.54) is 6.08 Å². The number of carbonyl (C=O) groups excluding carboxylic acids is 4. The van der Waals surface area contributed by atoms with Gasteiger partial charge in [-0.2, -0.15) is 0 Å². The molecule has 1 aliphatic rings.